The summed E-state index contributed by atoms with van der Waals surface area (Å²) in [5, 5.41) is 9.17. The Bertz CT molecular complexity index is 616. The molecule has 0 radical (unpaired) electrons. The van der Waals surface area contributed by atoms with E-state index in [1.165, 1.54) is 4.09 Å². The molecule has 0 aromatic carbocycles. The van der Waals surface area contributed by atoms with E-state index in [-0.39, 0.29) is 0 Å². The summed E-state index contributed by atoms with van der Waals surface area (Å²) in [6.07, 6.45) is 8.44. The second-order valence-electron chi connectivity index (χ2n) is 3.86. The zero-order valence-corrected chi connectivity index (χ0v) is 13.2. The number of imidazole rings is 2. The van der Waals surface area contributed by atoms with Gasteiger partial charge in [-0.1, -0.05) is 0 Å². The number of aromatic nitrogens is 4. The number of rotatable bonds is 1. The van der Waals surface area contributed by atoms with Gasteiger partial charge in [-0.25, -0.2) is 14.1 Å². The van der Waals surface area contributed by atoms with Crippen molar-refractivity contribution in [3.05, 3.63) is 36.9 Å². The molecule has 0 fully saturated rings. The first kappa shape index (κ1) is 19.5. The number of halogens is 1. The summed E-state index contributed by atoms with van der Waals surface area (Å²) in [6, 6.07) is 0. The Kier molecular flexibility index (Phi) is 8.14. The van der Waals surface area contributed by atoms with E-state index in [0.717, 1.165) is 5.82 Å². The van der Waals surface area contributed by atoms with Gasteiger partial charge in [0.2, 0.25) is 0 Å². The highest BCUT2D eigenvalue weighted by molar-refractivity contribution is 7.79. The molecule has 2 heterocycles. The molecule has 2 aromatic heterocycles. The van der Waals surface area contributed by atoms with Gasteiger partial charge in [0.1, 0.15) is 36.6 Å². The molecular weight excluding hydrogens is 324 g/mol. The standard InChI is InChI=1S/C7H13N2O.C3H3ClN2.H2O4S/c1-6-8(3)4-5-9(6)7(2)10;4-6-2-1-5-3-6;1-5(2,3)4/h4-5,7,10H,1-3H3;1-3H;(H2,1,2,3,4)/q+1;;/p-1. The van der Waals surface area contributed by atoms with E-state index in [0.29, 0.717) is 0 Å². The Hall–Kier alpha value is -1.46. The molecule has 11 heteroatoms. The number of hydrogen-bond donors (Lipinski definition) is 2. The van der Waals surface area contributed by atoms with Crippen molar-refractivity contribution in [1.29, 1.82) is 0 Å². The van der Waals surface area contributed by atoms with Crippen LogP contribution < -0.4 is 8.65 Å². The molecule has 120 valence electrons. The van der Waals surface area contributed by atoms with Crippen LogP contribution in [0, 0.1) is 6.92 Å². The second-order valence-corrected chi connectivity index (χ2v) is 5.07. The molecule has 0 saturated heterocycles. The van der Waals surface area contributed by atoms with Crippen molar-refractivity contribution in [2.75, 3.05) is 0 Å². The molecule has 0 spiro atoms. The Morgan fingerprint density at radius 1 is 1.43 bits per heavy atom. The molecule has 0 bridgehead atoms. The lowest BCUT2D eigenvalue weighted by atomic mass is 10.6. The minimum atomic E-state index is -5.17. The maximum absolute atomic E-state index is 9.17. The van der Waals surface area contributed by atoms with Crippen LogP contribution >= 0.6 is 11.8 Å². The normalized spacial score (nSPS) is 11.8. The Morgan fingerprint density at radius 3 is 2.10 bits per heavy atom. The number of aliphatic hydroxyl groups is 1. The van der Waals surface area contributed by atoms with Crippen LogP contribution in [-0.4, -0.2) is 32.2 Å². The Morgan fingerprint density at radius 2 is 1.95 bits per heavy atom. The molecule has 2 aromatic rings. The van der Waals surface area contributed by atoms with Gasteiger partial charge < -0.3 is 14.2 Å². The third-order valence-electron chi connectivity index (χ3n) is 2.25. The van der Waals surface area contributed by atoms with Crippen molar-refractivity contribution in [3.63, 3.8) is 0 Å². The molecule has 0 saturated carbocycles. The predicted molar refractivity (Wildman–Crippen MR) is 70.0 cm³/mol. The van der Waals surface area contributed by atoms with E-state index in [2.05, 4.69) is 4.98 Å². The van der Waals surface area contributed by atoms with E-state index >= 15 is 0 Å². The van der Waals surface area contributed by atoms with E-state index < -0.39 is 16.6 Å². The van der Waals surface area contributed by atoms with Gasteiger partial charge in [0.05, 0.1) is 7.05 Å². The minimum absolute atomic E-state index is 0.429. The first-order valence-electron chi connectivity index (χ1n) is 5.60. The molecule has 1 unspecified atom stereocenters. The third-order valence-corrected chi connectivity index (χ3v) is 2.46. The average Bonchev–Trinajstić information content (AvgIpc) is 2.89. The Labute approximate surface area is 127 Å². The van der Waals surface area contributed by atoms with Crippen molar-refractivity contribution in [3.8, 4) is 0 Å². The van der Waals surface area contributed by atoms with Crippen molar-refractivity contribution < 1.29 is 31.3 Å². The van der Waals surface area contributed by atoms with E-state index in [9.17, 15) is 0 Å². The van der Waals surface area contributed by atoms with Gasteiger partial charge in [-0.2, -0.15) is 0 Å². The quantitative estimate of drug-likeness (QED) is 0.395. The summed E-state index contributed by atoms with van der Waals surface area (Å²) in [5.41, 5.74) is 0. The molecule has 9 nitrogen and oxygen atoms in total. The summed E-state index contributed by atoms with van der Waals surface area (Å²) in [7, 11) is -3.21. The van der Waals surface area contributed by atoms with Crippen molar-refractivity contribution >= 4 is 22.2 Å². The van der Waals surface area contributed by atoms with E-state index in [4.69, 9.17) is 34.4 Å². The van der Waals surface area contributed by atoms with Crippen LogP contribution in [0.5, 0.6) is 0 Å². The third kappa shape index (κ3) is 9.98. The van der Waals surface area contributed by atoms with Gasteiger partial charge >= 0.3 is 0 Å². The van der Waals surface area contributed by atoms with E-state index in [1.54, 1.807) is 30.2 Å². The molecule has 2 rings (SSSR count). The number of H-pyrrole nitrogens is 1. The zero-order chi connectivity index (χ0) is 16.6. The summed E-state index contributed by atoms with van der Waals surface area (Å²) in [5.74, 6) is 1.05. The maximum Gasteiger partial charge on any atom is 0.259 e. The molecule has 21 heavy (non-hydrogen) atoms. The average molecular weight is 341 g/mol. The molecule has 0 amide bonds. The lowest BCUT2D eigenvalue weighted by Gasteiger charge is -2.06. The highest BCUT2D eigenvalue weighted by Gasteiger charge is 2.11. The van der Waals surface area contributed by atoms with Crippen molar-refractivity contribution in [1.82, 2.24) is 9.55 Å². The predicted octanol–water partition coefficient (Wildman–Crippen LogP) is -0.902. The maximum atomic E-state index is 9.17. The van der Waals surface area contributed by atoms with Crippen LogP contribution in [-0.2, 0) is 17.4 Å². The fourth-order valence-corrected chi connectivity index (χ4v) is 1.35. The highest BCUT2D eigenvalue weighted by Crippen LogP contribution is 1.93. The fourth-order valence-electron chi connectivity index (χ4n) is 1.24. The Balaban J connectivity index is 0.000000312. The van der Waals surface area contributed by atoms with Gasteiger partial charge in [-0.15, -0.1) is 4.09 Å². The largest absolute Gasteiger partial charge is 0.759 e. The minimum Gasteiger partial charge on any atom is -0.759 e. The van der Waals surface area contributed by atoms with Crippen LogP contribution in [0.1, 0.15) is 19.0 Å². The monoisotopic (exact) mass is 340 g/mol. The SMILES string of the molecule is Cc1n(C)cc[n+]1C(C)O.Cl[n+]1cc[nH]c1.O=S(=O)([O-])[O-]. The highest BCUT2D eigenvalue weighted by atomic mass is 35.5. The lowest BCUT2D eigenvalue weighted by molar-refractivity contribution is -0.760. The summed E-state index contributed by atoms with van der Waals surface area (Å²) < 4.78 is 39.3. The number of hydrogen-bond acceptors (Lipinski definition) is 5. The van der Waals surface area contributed by atoms with Gasteiger partial charge in [0, 0.05) is 24.2 Å². The van der Waals surface area contributed by atoms with Crippen LogP contribution in [0.15, 0.2) is 31.1 Å². The van der Waals surface area contributed by atoms with Crippen molar-refractivity contribution in [2.45, 2.75) is 20.1 Å². The van der Waals surface area contributed by atoms with Crippen molar-refractivity contribution in [2.24, 2.45) is 7.05 Å². The summed E-state index contributed by atoms with van der Waals surface area (Å²) in [4.78, 5) is 2.76. The lowest BCUT2D eigenvalue weighted by Crippen LogP contribution is -2.39. The van der Waals surface area contributed by atoms with Crippen LogP contribution in [0.25, 0.3) is 0 Å². The molecule has 2 N–H and O–H groups in total. The molecule has 1 atom stereocenters. The first-order valence-corrected chi connectivity index (χ1v) is 7.27. The molecule has 0 aliphatic heterocycles. The van der Waals surface area contributed by atoms with Gasteiger partial charge in [0.15, 0.2) is 6.23 Å². The first-order chi connectivity index (χ1) is 9.52. The molecule has 0 aliphatic rings. The van der Waals surface area contributed by atoms with Gasteiger partial charge in [0.25, 0.3) is 12.2 Å². The smallest absolute Gasteiger partial charge is 0.259 e. The van der Waals surface area contributed by atoms with Crippen LogP contribution in [0.2, 0.25) is 0 Å². The zero-order valence-electron chi connectivity index (χ0n) is 11.7. The number of aryl methyl sites for hydroxylation is 1. The molecular formula is C10H17ClN4O5S. The molecule has 0 aliphatic carbocycles. The fraction of sp³-hybridized carbons (Fsp3) is 0.400. The number of aliphatic hydroxyl groups excluding tert-OH is 1. The number of nitrogens with one attached hydrogen (secondary N) is 1. The number of nitrogens with zero attached hydrogens (tertiary/aromatic N) is 3. The topological polar surface area (TPSA) is 129 Å². The summed E-state index contributed by atoms with van der Waals surface area (Å²) >= 11 is 5.34. The number of aromatic amines is 1. The van der Waals surface area contributed by atoms with Crippen LogP contribution in [0.4, 0.5) is 0 Å². The van der Waals surface area contributed by atoms with E-state index in [1.807, 2.05) is 30.9 Å². The summed E-state index contributed by atoms with van der Waals surface area (Å²) in [6.45, 7) is 3.71. The van der Waals surface area contributed by atoms with Gasteiger partial charge in [-0.05, 0) is 0 Å². The second kappa shape index (κ2) is 8.74. The van der Waals surface area contributed by atoms with Gasteiger partial charge in [-0.3, -0.25) is 8.42 Å². The van der Waals surface area contributed by atoms with Crippen LogP contribution in [0.3, 0.4) is 0 Å².